The van der Waals surface area contributed by atoms with Crippen LogP contribution in [0.2, 0.25) is 5.02 Å². The maximum absolute atomic E-state index is 10.8. The molecule has 0 radical (unpaired) electrons. The van der Waals surface area contributed by atoms with Crippen LogP contribution in [0.25, 0.3) is 10.8 Å². The number of fused-ring (bicyclic) bond motifs is 1. The molecule has 15 heavy (non-hydrogen) atoms. The van der Waals surface area contributed by atoms with Crippen molar-refractivity contribution in [3.8, 4) is 0 Å². The molecule has 1 N–H and O–H groups in total. The average molecular weight is 319 g/mol. The van der Waals surface area contributed by atoms with Crippen molar-refractivity contribution >= 4 is 28.3 Å². The van der Waals surface area contributed by atoms with Gasteiger partial charge in [0.1, 0.15) is 0 Å². The third-order valence-corrected chi connectivity index (χ3v) is 2.50. The number of rotatable bonds is 1. The Balaban J connectivity index is 0.00000112. The summed E-state index contributed by atoms with van der Waals surface area (Å²) in [6, 6.07) is 10.7. The molecule has 2 aromatic rings. The van der Waals surface area contributed by atoms with Crippen molar-refractivity contribution in [2.24, 2.45) is 0 Å². The summed E-state index contributed by atoms with van der Waals surface area (Å²) in [6.07, 6.45) is 0. The normalized spacial score (nSPS) is 9.67. The smallest absolute Gasteiger partial charge is 0.337 e. The van der Waals surface area contributed by atoms with Crippen molar-refractivity contribution in [1.29, 1.82) is 0 Å². The summed E-state index contributed by atoms with van der Waals surface area (Å²) >= 11 is 5.96. The van der Waals surface area contributed by atoms with Gasteiger partial charge in [0.25, 0.3) is 0 Å². The molecule has 0 heterocycles. The molecule has 0 fully saturated rings. The predicted molar refractivity (Wildman–Crippen MR) is 55.9 cm³/mol. The molecule has 0 aliphatic rings. The summed E-state index contributed by atoms with van der Waals surface area (Å²) < 4.78 is 0. The minimum absolute atomic E-state index is 0. The number of carbonyl (C=O) groups is 1. The van der Waals surface area contributed by atoms with Gasteiger partial charge < -0.3 is 5.11 Å². The van der Waals surface area contributed by atoms with E-state index in [4.69, 9.17) is 16.7 Å². The summed E-state index contributed by atoms with van der Waals surface area (Å²) in [4.78, 5) is 10.8. The second-order valence-corrected chi connectivity index (χ2v) is 3.33. The Morgan fingerprint density at radius 3 is 2.47 bits per heavy atom. The molecular formula is C11H7CdClO2. The molecule has 0 amide bonds. The number of hydrogen-bond donors (Lipinski definition) is 1. The van der Waals surface area contributed by atoms with E-state index < -0.39 is 5.97 Å². The van der Waals surface area contributed by atoms with Crippen molar-refractivity contribution in [2.45, 2.75) is 0 Å². The number of benzene rings is 2. The van der Waals surface area contributed by atoms with Crippen molar-refractivity contribution in [3.63, 3.8) is 0 Å². The van der Waals surface area contributed by atoms with Gasteiger partial charge in [0.05, 0.1) is 10.6 Å². The fourth-order valence-electron chi connectivity index (χ4n) is 1.40. The maximum Gasteiger partial charge on any atom is 0.337 e. The average Bonchev–Trinajstić information content (AvgIpc) is 2.18. The summed E-state index contributed by atoms with van der Waals surface area (Å²) in [5, 5.41) is 10.9. The molecule has 0 aromatic heterocycles. The Kier molecular flexibility index (Phi) is 4.10. The molecule has 0 saturated heterocycles. The van der Waals surface area contributed by atoms with E-state index in [0.29, 0.717) is 5.02 Å². The van der Waals surface area contributed by atoms with Crippen LogP contribution >= 0.6 is 11.6 Å². The van der Waals surface area contributed by atoms with Gasteiger partial charge in [0, 0.05) is 32.7 Å². The summed E-state index contributed by atoms with van der Waals surface area (Å²) in [5.74, 6) is -0.999. The fraction of sp³-hybridized carbons (Fsp3) is 0. The summed E-state index contributed by atoms with van der Waals surface area (Å²) in [6.45, 7) is 0. The van der Waals surface area contributed by atoms with Gasteiger partial charge in [-0.3, -0.25) is 0 Å². The van der Waals surface area contributed by atoms with Gasteiger partial charge in [0.2, 0.25) is 0 Å². The van der Waals surface area contributed by atoms with Gasteiger partial charge >= 0.3 is 5.97 Å². The molecule has 72 valence electrons. The van der Waals surface area contributed by atoms with Gasteiger partial charge in [-0.15, -0.1) is 0 Å². The van der Waals surface area contributed by atoms with Gasteiger partial charge in [-0.05, 0) is 11.5 Å². The Morgan fingerprint density at radius 2 is 1.80 bits per heavy atom. The van der Waals surface area contributed by atoms with Gasteiger partial charge in [0.15, 0.2) is 0 Å². The molecule has 0 aliphatic heterocycles. The van der Waals surface area contributed by atoms with Crippen molar-refractivity contribution in [1.82, 2.24) is 0 Å². The number of carboxylic acids is 1. The third-order valence-electron chi connectivity index (χ3n) is 2.09. The Labute approximate surface area is 112 Å². The van der Waals surface area contributed by atoms with E-state index in [9.17, 15) is 4.79 Å². The molecule has 0 spiro atoms. The van der Waals surface area contributed by atoms with Crippen LogP contribution in [0.1, 0.15) is 10.4 Å². The summed E-state index contributed by atoms with van der Waals surface area (Å²) in [5.41, 5.74) is 0.144. The van der Waals surface area contributed by atoms with Crippen LogP contribution in [0.4, 0.5) is 0 Å². The Hall–Kier alpha value is -0.618. The predicted octanol–water partition coefficient (Wildman–Crippen LogP) is 3.19. The zero-order valence-electron chi connectivity index (χ0n) is 7.90. The molecule has 0 atom stereocenters. The molecule has 2 aromatic carbocycles. The van der Waals surface area contributed by atoms with Crippen LogP contribution in [-0.4, -0.2) is 11.1 Å². The van der Waals surface area contributed by atoms with Gasteiger partial charge in [-0.25, -0.2) is 4.79 Å². The minimum Gasteiger partial charge on any atom is -0.478 e. The monoisotopic (exact) mass is 320 g/mol. The first-order chi connectivity index (χ1) is 6.70. The first-order valence-corrected chi connectivity index (χ1v) is 4.48. The SMILES string of the molecule is O=C(O)c1ccc2ccccc2c1Cl.[Cd]. The Morgan fingerprint density at radius 1 is 1.13 bits per heavy atom. The van der Waals surface area contributed by atoms with Gasteiger partial charge in [-0.2, -0.15) is 0 Å². The number of aromatic carboxylic acids is 1. The van der Waals surface area contributed by atoms with Crippen molar-refractivity contribution < 1.29 is 37.2 Å². The maximum atomic E-state index is 10.8. The van der Waals surface area contributed by atoms with Crippen LogP contribution in [0.3, 0.4) is 0 Å². The molecule has 0 saturated carbocycles. The first kappa shape index (κ1) is 12.5. The second-order valence-electron chi connectivity index (χ2n) is 2.95. The third kappa shape index (κ3) is 2.31. The molecular weight excluding hydrogens is 312 g/mol. The summed E-state index contributed by atoms with van der Waals surface area (Å²) in [7, 11) is 0. The van der Waals surface area contributed by atoms with Crippen molar-refractivity contribution in [2.75, 3.05) is 0 Å². The van der Waals surface area contributed by atoms with E-state index in [0.717, 1.165) is 10.8 Å². The molecule has 4 heteroatoms. The van der Waals surface area contributed by atoms with E-state index in [2.05, 4.69) is 0 Å². The fourth-order valence-corrected chi connectivity index (χ4v) is 1.71. The van der Waals surface area contributed by atoms with Crippen LogP contribution in [0.15, 0.2) is 36.4 Å². The van der Waals surface area contributed by atoms with E-state index in [1.807, 2.05) is 24.3 Å². The van der Waals surface area contributed by atoms with Crippen LogP contribution in [0.5, 0.6) is 0 Å². The standard InChI is InChI=1S/C11H7ClO2.Cd/c12-10-8-4-2-1-3-7(8)5-6-9(10)11(13)14;/h1-6H,(H,13,14);. The van der Waals surface area contributed by atoms with Gasteiger partial charge in [-0.1, -0.05) is 41.9 Å². The van der Waals surface area contributed by atoms with Crippen LogP contribution in [-0.2, 0) is 27.3 Å². The van der Waals surface area contributed by atoms with Crippen LogP contribution < -0.4 is 0 Å². The Bertz CT molecular complexity index is 511. The molecule has 2 rings (SSSR count). The van der Waals surface area contributed by atoms with E-state index in [1.165, 1.54) is 6.07 Å². The topological polar surface area (TPSA) is 37.3 Å². The van der Waals surface area contributed by atoms with Crippen LogP contribution in [0, 0.1) is 0 Å². The van der Waals surface area contributed by atoms with E-state index in [1.54, 1.807) is 6.07 Å². The number of halogens is 1. The van der Waals surface area contributed by atoms with Crippen molar-refractivity contribution in [3.05, 3.63) is 47.0 Å². The van der Waals surface area contributed by atoms with E-state index >= 15 is 0 Å². The van der Waals surface area contributed by atoms with E-state index in [-0.39, 0.29) is 32.9 Å². The largest absolute Gasteiger partial charge is 0.478 e. The minimum atomic E-state index is -0.999. The molecule has 0 unspecified atom stereocenters. The molecule has 0 aliphatic carbocycles. The second kappa shape index (κ2) is 4.94. The number of hydrogen-bond acceptors (Lipinski definition) is 1. The zero-order valence-corrected chi connectivity index (χ0v) is 12.7. The quantitative estimate of drug-likeness (QED) is 0.820. The number of carboxylic acid groups (broad SMARTS) is 1. The molecule has 2 nitrogen and oxygen atoms in total. The zero-order chi connectivity index (χ0) is 10.1. The molecule has 0 bridgehead atoms. The first-order valence-electron chi connectivity index (χ1n) is 4.10.